The number of carboxylic acid groups (broad SMARTS) is 1. The second-order valence-corrected chi connectivity index (χ2v) is 6.87. The van der Waals surface area contributed by atoms with E-state index in [4.69, 9.17) is 0 Å². The van der Waals surface area contributed by atoms with E-state index in [0.717, 1.165) is 44.7 Å². The van der Waals surface area contributed by atoms with Gasteiger partial charge in [0, 0.05) is 12.6 Å². The Morgan fingerprint density at radius 2 is 2.20 bits per heavy atom. The van der Waals surface area contributed by atoms with Gasteiger partial charge in [-0.1, -0.05) is 20.3 Å². The van der Waals surface area contributed by atoms with Gasteiger partial charge in [0.2, 0.25) is 0 Å². The Morgan fingerprint density at radius 1 is 1.45 bits per heavy atom. The summed E-state index contributed by atoms with van der Waals surface area (Å²) in [6, 6.07) is 0.657. The third-order valence-corrected chi connectivity index (χ3v) is 5.37. The molecule has 0 radical (unpaired) electrons. The minimum atomic E-state index is -0.663. The molecule has 0 aromatic heterocycles. The Kier molecular flexibility index (Phi) is 5.08. The quantitative estimate of drug-likeness (QED) is 0.785. The van der Waals surface area contributed by atoms with Crippen molar-refractivity contribution in [3.05, 3.63) is 0 Å². The molecule has 2 aliphatic rings. The van der Waals surface area contributed by atoms with Crippen LogP contribution in [0.2, 0.25) is 0 Å². The lowest BCUT2D eigenvalue weighted by atomic mass is 9.84. The number of hydrogen-bond acceptors (Lipinski definition) is 3. The van der Waals surface area contributed by atoms with Gasteiger partial charge in [0.15, 0.2) is 0 Å². The van der Waals surface area contributed by atoms with E-state index in [1.807, 2.05) is 6.92 Å². The summed E-state index contributed by atoms with van der Waals surface area (Å²) in [6.45, 7) is 9.58. The van der Waals surface area contributed by atoms with E-state index >= 15 is 0 Å². The Hall–Kier alpha value is -0.610. The molecule has 2 fully saturated rings. The largest absolute Gasteiger partial charge is 0.480 e. The summed E-state index contributed by atoms with van der Waals surface area (Å²) in [5, 5.41) is 13.0. The van der Waals surface area contributed by atoms with Crippen molar-refractivity contribution in [2.75, 3.05) is 19.6 Å². The van der Waals surface area contributed by atoms with Crippen LogP contribution in [0.1, 0.15) is 52.9 Å². The third kappa shape index (κ3) is 3.01. The summed E-state index contributed by atoms with van der Waals surface area (Å²) in [7, 11) is 0. The summed E-state index contributed by atoms with van der Waals surface area (Å²) in [5.74, 6) is 0.416. The molecule has 2 rings (SSSR count). The molecule has 1 saturated heterocycles. The molecule has 1 saturated carbocycles. The minimum absolute atomic E-state index is 0.281. The highest BCUT2D eigenvalue weighted by molar-refractivity contribution is 5.79. The molecule has 116 valence electrons. The van der Waals surface area contributed by atoms with Crippen molar-refractivity contribution in [1.82, 2.24) is 10.2 Å². The van der Waals surface area contributed by atoms with Crippen molar-refractivity contribution in [3.63, 3.8) is 0 Å². The van der Waals surface area contributed by atoms with Crippen LogP contribution in [0.3, 0.4) is 0 Å². The normalized spacial score (nSPS) is 38.5. The average molecular weight is 282 g/mol. The molecule has 1 aliphatic carbocycles. The topological polar surface area (TPSA) is 52.6 Å². The predicted octanol–water partition coefficient (Wildman–Crippen LogP) is 2.34. The van der Waals surface area contributed by atoms with Crippen LogP contribution >= 0.6 is 0 Å². The van der Waals surface area contributed by atoms with E-state index < -0.39 is 11.5 Å². The molecular formula is C16H30N2O2. The molecule has 4 heteroatoms. The van der Waals surface area contributed by atoms with Gasteiger partial charge in [-0.2, -0.15) is 0 Å². The zero-order valence-electron chi connectivity index (χ0n) is 13.2. The van der Waals surface area contributed by atoms with Crippen molar-refractivity contribution in [2.24, 2.45) is 11.8 Å². The molecule has 0 aromatic rings. The maximum Gasteiger partial charge on any atom is 0.324 e. The number of nitrogens with zero attached hydrogens (tertiary/aromatic N) is 1. The van der Waals surface area contributed by atoms with E-state index in [0.29, 0.717) is 6.04 Å². The minimum Gasteiger partial charge on any atom is -0.480 e. The zero-order chi connectivity index (χ0) is 14.8. The fourth-order valence-corrected chi connectivity index (χ4v) is 4.39. The van der Waals surface area contributed by atoms with Crippen molar-refractivity contribution < 1.29 is 9.90 Å². The van der Waals surface area contributed by atoms with E-state index in [-0.39, 0.29) is 5.92 Å². The molecule has 4 unspecified atom stereocenters. The first-order valence-corrected chi connectivity index (χ1v) is 8.22. The maximum absolute atomic E-state index is 11.8. The van der Waals surface area contributed by atoms with Gasteiger partial charge in [0.05, 0.1) is 0 Å². The van der Waals surface area contributed by atoms with Crippen molar-refractivity contribution >= 4 is 5.97 Å². The molecule has 20 heavy (non-hydrogen) atoms. The summed E-state index contributed by atoms with van der Waals surface area (Å²) in [6.07, 6.45) is 5.16. The van der Waals surface area contributed by atoms with Crippen LogP contribution in [0.15, 0.2) is 0 Å². The fraction of sp³-hybridized carbons (Fsp3) is 0.938. The van der Waals surface area contributed by atoms with Gasteiger partial charge < -0.3 is 15.3 Å². The molecule has 1 aliphatic heterocycles. The molecular weight excluding hydrogens is 252 g/mol. The van der Waals surface area contributed by atoms with Gasteiger partial charge in [-0.3, -0.25) is 4.79 Å². The number of hydrogen-bond donors (Lipinski definition) is 2. The number of carboxylic acids is 1. The first-order chi connectivity index (χ1) is 9.49. The van der Waals surface area contributed by atoms with Crippen molar-refractivity contribution in [3.8, 4) is 0 Å². The molecule has 2 N–H and O–H groups in total. The van der Waals surface area contributed by atoms with E-state index in [1.54, 1.807) is 0 Å². The number of carbonyl (C=O) groups is 1. The van der Waals surface area contributed by atoms with E-state index in [9.17, 15) is 9.90 Å². The van der Waals surface area contributed by atoms with Gasteiger partial charge in [-0.15, -0.1) is 0 Å². The van der Waals surface area contributed by atoms with Gasteiger partial charge >= 0.3 is 5.97 Å². The van der Waals surface area contributed by atoms with Gasteiger partial charge in [-0.05, 0) is 57.5 Å². The number of aliphatic carboxylic acids is 1. The Labute approximate surface area is 122 Å². The smallest absolute Gasteiger partial charge is 0.324 e. The first kappa shape index (κ1) is 15.8. The molecule has 1 heterocycles. The zero-order valence-corrected chi connectivity index (χ0v) is 13.2. The van der Waals surface area contributed by atoms with E-state index in [2.05, 4.69) is 24.1 Å². The first-order valence-electron chi connectivity index (χ1n) is 8.22. The average Bonchev–Trinajstić information content (AvgIpc) is 2.92. The highest BCUT2D eigenvalue weighted by atomic mass is 16.4. The third-order valence-electron chi connectivity index (χ3n) is 5.37. The lowest BCUT2D eigenvalue weighted by Crippen LogP contribution is -2.55. The van der Waals surface area contributed by atoms with Crippen molar-refractivity contribution in [2.45, 2.75) is 64.5 Å². The fourth-order valence-electron chi connectivity index (χ4n) is 4.39. The summed E-state index contributed by atoms with van der Waals surface area (Å²) < 4.78 is 0. The highest BCUT2D eigenvalue weighted by Gasteiger charge is 2.48. The van der Waals surface area contributed by atoms with Crippen LogP contribution in [-0.2, 0) is 4.79 Å². The summed E-state index contributed by atoms with van der Waals surface area (Å²) in [5.41, 5.74) is -0.663. The number of nitrogens with one attached hydrogen (secondary N) is 1. The maximum atomic E-state index is 11.8. The number of rotatable bonds is 6. The van der Waals surface area contributed by atoms with Gasteiger partial charge in [-0.25, -0.2) is 0 Å². The SMILES string of the molecule is CCNC1(C(=O)O)CCCC1CCN1CC(C)CC1C. The second kappa shape index (κ2) is 6.44. The second-order valence-electron chi connectivity index (χ2n) is 6.87. The number of likely N-dealkylation sites (tertiary alicyclic amines) is 1. The Balaban J connectivity index is 1.95. The van der Waals surface area contributed by atoms with Crippen LogP contribution in [-0.4, -0.2) is 47.2 Å². The van der Waals surface area contributed by atoms with Crippen LogP contribution in [0, 0.1) is 11.8 Å². The number of likely N-dealkylation sites (N-methyl/N-ethyl adjacent to an activating group) is 1. The summed E-state index contributed by atoms with van der Waals surface area (Å²) in [4.78, 5) is 14.3. The van der Waals surface area contributed by atoms with Gasteiger partial charge in [0.25, 0.3) is 0 Å². The van der Waals surface area contributed by atoms with Crippen LogP contribution in [0.25, 0.3) is 0 Å². The lowest BCUT2D eigenvalue weighted by Gasteiger charge is -2.33. The van der Waals surface area contributed by atoms with Crippen LogP contribution in [0.5, 0.6) is 0 Å². The molecule has 0 aromatic carbocycles. The lowest BCUT2D eigenvalue weighted by molar-refractivity contribution is -0.146. The highest BCUT2D eigenvalue weighted by Crippen LogP contribution is 2.39. The van der Waals surface area contributed by atoms with Crippen molar-refractivity contribution in [1.29, 1.82) is 0 Å². The summed E-state index contributed by atoms with van der Waals surface area (Å²) >= 11 is 0. The standard InChI is InChI=1S/C16H30N2O2/c1-4-17-16(15(19)20)8-5-6-14(16)7-9-18-11-12(2)10-13(18)3/h12-14,17H,4-11H2,1-3H3,(H,19,20). The molecule has 0 bridgehead atoms. The van der Waals surface area contributed by atoms with Crippen LogP contribution in [0.4, 0.5) is 0 Å². The van der Waals surface area contributed by atoms with Gasteiger partial charge in [0.1, 0.15) is 5.54 Å². The molecule has 0 spiro atoms. The van der Waals surface area contributed by atoms with Crippen LogP contribution < -0.4 is 5.32 Å². The van der Waals surface area contributed by atoms with E-state index in [1.165, 1.54) is 13.0 Å². The molecule has 4 atom stereocenters. The Bertz CT molecular complexity index is 347. The molecule has 0 amide bonds. The molecule has 4 nitrogen and oxygen atoms in total. The predicted molar refractivity (Wildman–Crippen MR) is 80.8 cm³/mol. The monoisotopic (exact) mass is 282 g/mol. The Morgan fingerprint density at radius 3 is 2.75 bits per heavy atom.